The molecular weight excluding hydrogens is 651 g/mol. The lowest BCUT2D eigenvalue weighted by Gasteiger charge is -2.33. The maximum atomic E-state index is 13.6. The lowest BCUT2D eigenvalue weighted by atomic mass is 9.84. The minimum absolute atomic E-state index is 0.0285. The maximum Gasteiger partial charge on any atom is 0.412 e. The maximum absolute atomic E-state index is 13.6. The zero-order valence-corrected chi connectivity index (χ0v) is 25.7. The summed E-state index contributed by atoms with van der Waals surface area (Å²) in [6, 6.07) is 5.39. The van der Waals surface area contributed by atoms with Crippen LogP contribution >= 0.6 is 7.60 Å². The van der Waals surface area contributed by atoms with Crippen molar-refractivity contribution in [2.75, 3.05) is 19.8 Å². The van der Waals surface area contributed by atoms with E-state index in [1.54, 1.807) is 30.3 Å². The molecule has 2 fully saturated rings. The Hall–Kier alpha value is -2.88. The minimum Gasteiger partial charge on any atom is -0.445 e. The molecule has 1 heterocycles. The number of benzene rings is 1. The van der Waals surface area contributed by atoms with Gasteiger partial charge in [0.25, 0.3) is 0 Å². The number of rotatable bonds is 15. The van der Waals surface area contributed by atoms with E-state index in [0.29, 0.717) is 5.56 Å². The van der Waals surface area contributed by atoms with E-state index in [1.165, 1.54) is 0 Å². The van der Waals surface area contributed by atoms with E-state index in [4.69, 9.17) is 4.74 Å². The molecule has 1 aliphatic carbocycles. The Labute approximate surface area is 261 Å². The molecule has 2 unspecified atom stereocenters. The number of aliphatic hydroxyl groups is 1. The molecule has 1 saturated heterocycles. The molecule has 4 N–H and O–H groups in total. The highest BCUT2D eigenvalue weighted by molar-refractivity contribution is 7.54. The van der Waals surface area contributed by atoms with Gasteiger partial charge in [-0.15, -0.1) is 0 Å². The summed E-state index contributed by atoms with van der Waals surface area (Å²) in [7, 11) is -5.67. The van der Waals surface area contributed by atoms with E-state index >= 15 is 0 Å². The molecule has 260 valence electrons. The monoisotopic (exact) mass is 689 g/mol. The van der Waals surface area contributed by atoms with E-state index in [1.807, 2.05) is 0 Å². The predicted molar refractivity (Wildman–Crippen MR) is 150 cm³/mol. The third-order valence-electron chi connectivity index (χ3n) is 7.64. The fourth-order valence-electron chi connectivity index (χ4n) is 5.35. The van der Waals surface area contributed by atoms with Crippen molar-refractivity contribution in [3.63, 3.8) is 0 Å². The molecule has 0 aromatic heterocycles. The lowest BCUT2D eigenvalue weighted by Crippen LogP contribution is -2.54. The Balaban J connectivity index is 1.85. The number of nitrogens with one attached hydrogen (secondary N) is 3. The molecule has 3 rings (SSSR count). The van der Waals surface area contributed by atoms with Crippen molar-refractivity contribution in [3.8, 4) is 0 Å². The lowest BCUT2D eigenvalue weighted by molar-refractivity contribution is -0.167. The third-order valence-corrected chi connectivity index (χ3v) is 9.63. The van der Waals surface area contributed by atoms with Gasteiger partial charge in [0, 0.05) is 12.5 Å². The van der Waals surface area contributed by atoms with Crippen LogP contribution in [-0.2, 0) is 34.5 Å². The molecule has 2 aliphatic rings. The van der Waals surface area contributed by atoms with Crippen molar-refractivity contribution in [2.45, 2.75) is 88.3 Å². The number of halogens is 6. The first-order chi connectivity index (χ1) is 21.5. The van der Waals surface area contributed by atoms with Gasteiger partial charge in [0.05, 0.1) is 6.04 Å². The van der Waals surface area contributed by atoms with Crippen molar-refractivity contribution in [1.82, 2.24) is 16.0 Å². The smallest absolute Gasteiger partial charge is 0.412 e. The third kappa shape index (κ3) is 12.7. The van der Waals surface area contributed by atoms with Gasteiger partial charge in [-0.05, 0) is 30.7 Å². The molecule has 3 amide bonds. The Kier molecular flexibility index (Phi) is 13.7. The molecule has 11 nitrogen and oxygen atoms in total. The Bertz CT molecular complexity index is 1180. The van der Waals surface area contributed by atoms with Crippen molar-refractivity contribution in [1.29, 1.82) is 0 Å². The summed E-state index contributed by atoms with van der Waals surface area (Å²) in [4.78, 5) is 38.7. The van der Waals surface area contributed by atoms with E-state index in [2.05, 4.69) is 25.0 Å². The normalized spacial score (nSPS) is 20.0. The molecule has 46 heavy (non-hydrogen) atoms. The van der Waals surface area contributed by atoms with E-state index in [0.717, 1.165) is 32.1 Å². The van der Waals surface area contributed by atoms with E-state index < -0.39 is 81.3 Å². The van der Waals surface area contributed by atoms with Crippen LogP contribution in [0.2, 0.25) is 0 Å². The van der Waals surface area contributed by atoms with Gasteiger partial charge in [-0.2, -0.15) is 26.3 Å². The second-order valence-electron chi connectivity index (χ2n) is 11.4. The van der Waals surface area contributed by atoms with Crippen LogP contribution in [0.1, 0.15) is 56.9 Å². The first-order valence-electron chi connectivity index (χ1n) is 14.8. The Morgan fingerprint density at radius 2 is 1.54 bits per heavy atom. The van der Waals surface area contributed by atoms with Gasteiger partial charge in [-0.25, -0.2) is 4.79 Å². The standard InChI is InChI=1S/C28H38F6N3O8P/c29-27(30,31)16-44-46(42,45-17-28(32,33)34)25(40)22(14-20-11-12-35-23(20)38)36-24(39)21(13-18-7-3-1-4-8-18)37-26(41)43-15-19-9-5-2-6-10-19/h2,5-6,9-10,18,20-22,25,40H,1,3-4,7-8,11-17H2,(H,35,38)(H,36,39)(H,37,41)/t20?,21-,22-,25?/m0/s1. The molecule has 18 heteroatoms. The number of amides is 3. The number of alkyl carbamates (subject to hydrolysis) is 1. The number of hydrogen-bond acceptors (Lipinski definition) is 8. The highest BCUT2D eigenvalue weighted by Crippen LogP contribution is 2.55. The van der Waals surface area contributed by atoms with Gasteiger partial charge < -0.3 is 25.8 Å². The van der Waals surface area contributed by atoms with Crippen molar-refractivity contribution in [2.24, 2.45) is 11.8 Å². The van der Waals surface area contributed by atoms with Crippen LogP contribution in [0.15, 0.2) is 30.3 Å². The summed E-state index contributed by atoms with van der Waals surface area (Å²) < 4.78 is 105. The Morgan fingerprint density at radius 3 is 2.09 bits per heavy atom. The summed E-state index contributed by atoms with van der Waals surface area (Å²) in [6.07, 6.45) is -7.47. The second kappa shape index (κ2) is 16.8. The molecule has 1 aromatic carbocycles. The summed E-state index contributed by atoms with van der Waals surface area (Å²) in [5.74, 6) is -5.30. The van der Waals surface area contributed by atoms with Crippen LogP contribution in [0.3, 0.4) is 0 Å². The first kappa shape index (κ1) is 37.6. The van der Waals surface area contributed by atoms with Crippen LogP contribution in [0.4, 0.5) is 31.1 Å². The van der Waals surface area contributed by atoms with Crippen LogP contribution < -0.4 is 16.0 Å². The fourth-order valence-corrected chi connectivity index (χ4v) is 7.02. The quantitative estimate of drug-likeness (QED) is 0.150. The van der Waals surface area contributed by atoms with Crippen molar-refractivity contribution < 1.29 is 64.2 Å². The molecule has 1 aliphatic heterocycles. The molecule has 1 saturated carbocycles. The molecule has 4 atom stereocenters. The van der Waals surface area contributed by atoms with Gasteiger partial charge in [0.1, 0.15) is 12.6 Å². The molecule has 0 bridgehead atoms. The summed E-state index contributed by atoms with van der Waals surface area (Å²) in [5, 5.41) is 18.2. The average molecular weight is 690 g/mol. The number of ether oxygens (including phenoxy) is 1. The summed E-state index contributed by atoms with van der Waals surface area (Å²) in [6.45, 7) is -4.63. The van der Waals surface area contributed by atoms with Crippen LogP contribution in [0, 0.1) is 11.8 Å². The molecule has 0 spiro atoms. The highest BCUT2D eigenvalue weighted by Gasteiger charge is 2.48. The second-order valence-corrected chi connectivity index (χ2v) is 13.5. The van der Waals surface area contributed by atoms with Crippen molar-refractivity contribution in [3.05, 3.63) is 35.9 Å². The zero-order chi connectivity index (χ0) is 34.0. The Morgan fingerprint density at radius 1 is 0.935 bits per heavy atom. The fraction of sp³-hybridized carbons (Fsp3) is 0.679. The number of aliphatic hydroxyl groups excluding tert-OH is 1. The number of hydrogen-bond donors (Lipinski definition) is 4. The number of alkyl halides is 6. The predicted octanol–water partition coefficient (Wildman–Crippen LogP) is 4.93. The average Bonchev–Trinajstić information content (AvgIpc) is 3.41. The highest BCUT2D eigenvalue weighted by atomic mass is 31.2. The van der Waals surface area contributed by atoms with Gasteiger partial charge in [-0.1, -0.05) is 62.4 Å². The van der Waals surface area contributed by atoms with Crippen LogP contribution in [0.25, 0.3) is 0 Å². The largest absolute Gasteiger partial charge is 0.445 e. The molecule has 1 aromatic rings. The zero-order valence-electron chi connectivity index (χ0n) is 24.8. The van der Waals surface area contributed by atoms with Gasteiger partial charge >= 0.3 is 26.0 Å². The van der Waals surface area contributed by atoms with E-state index in [9.17, 15) is 50.4 Å². The summed E-state index contributed by atoms with van der Waals surface area (Å²) in [5.41, 5.74) is 0.650. The molecular formula is C28H38F6N3O8P. The minimum atomic E-state index is -5.67. The van der Waals surface area contributed by atoms with E-state index in [-0.39, 0.29) is 31.9 Å². The first-order valence-corrected chi connectivity index (χ1v) is 16.4. The number of carbonyl (C=O) groups excluding carboxylic acids is 3. The van der Waals surface area contributed by atoms with Gasteiger partial charge in [0.2, 0.25) is 11.8 Å². The topological polar surface area (TPSA) is 152 Å². The SMILES string of the molecule is O=C(N[C@@H](CC1CCCCC1)C(=O)N[C@@H](CC1CCNC1=O)C(O)P(=O)(OCC(F)(F)F)OCC(F)(F)F)OCc1ccccc1. The van der Waals surface area contributed by atoms with Gasteiger partial charge in [0.15, 0.2) is 19.1 Å². The van der Waals surface area contributed by atoms with Gasteiger partial charge in [-0.3, -0.25) is 23.2 Å². The summed E-state index contributed by atoms with van der Waals surface area (Å²) >= 11 is 0. The molecule has 0 radical (unpaired) electrons. The number of carbonyl (C=O) groups is 3. The van der Waals surface area contributed by atoms with Crippen LogP contribution in [-0.4, -0.2) is 73.1 Å². The van der Waals surface area contributed by atoms with Crippen molar-refractivity contribution >= 4 is 25.5 Å². The van der Waals surface area contributed by atoms with Crippen LogP contribution in [0.5, 0.6) is 0 Å².